The number of nitrogens with zero attached hydrogens (tertiary/aromatic N) is 2. The van der Waals surface area contributed by atoms with E-state index in [4.69, 9.17) is 10.5 Å². The van der Waals surface area contributed by atoms with Gasteiger partial charge < -0.3 is 10.5 Å². The van der Waals surface area contributed by atoms with E-state index < -0.39 is 5.91 Å². The number of amides is 1. The highest BCUT2D eigenvalue weighted by Gasteiger charge is 2.23. The first-order valence-electron chi connectivity index (χ1n) is 5.02. The quantitative estimate of drug-likeness (QED) is 0.710. The van der Waals surface area contributed by atoms with Crippen molar-refractivity contribution in [1.82, 2.24) is 9.55 Å². The van der Waals surface area contributed by atoms with Gasteiger partial charge in [0.05, 0.1) is 12.6 Å². The standard InChI is InChI=1S/C10H13N3O3/c1-5-3-16-4-7-12-8(9(11)14)6(2)10(15)13(5)7/h5H,3-4H2,1-2H3,(H2,11,14). The minimum absolute atomic E-state index is 0.0361. The van der Waals surface area contributed by atoms with Crippen molar-refractivity contribution in [3.05, 3.63) is 27.4 Å². The van der Waals surface area contributed by atoms with Crippen LogP contribution in [0, 0.1) is 6.92 Å². The van der Waals surface area contributed by atoms with E-state index in [1.54, 1.807) is 11.5 Å². The third kappa shape index (κ3) is 1.51. The van der Waals surface area contributed by atoms with Crippen molar-refractivity contribution in [2.75, 3.05) is 6.61 Å². The van der Waals surface area contributed by atoms with Crippen molar-refractivity contribution in [1.29, 1.82) is 0 Å². The molecule has 1 aliphatic heterocycles. The lowest BCUT2D eigenvalue weighted by Gasteiger charge is -2.25. The third-order valence-electron chi connectivity index (χ3n) is 2.68. The lowest BCUT2D eigenvalue weighted by Crippen LogP contribution is -2.37. The van der Waals surface area contributed by atoms with Gasteiger partial charge >= 0.3 is 0 Å². The summed E-state index contributed by atoms with van der Waals surface area (Å²) in [7, 11) is 0. The monoisotopic (exact) mass is 223 g/mol. The predicted octanol–water partition coefficient (Wildman–Crippen LogP) is -0.258. The second-order valence-corrected chi connectivity index (χ2v) is 3.91. The molecule has 1 aliphatic rings. The van der Waals surface area contributed by atoms with Crippen LogP contribution in [0.2, 0.25) is 0 Å². The second kappa shape index (κ2) is 3.71. The Morgan fingerprint density at radius 3 is 2.94 bits per heavy atom. The molecule has 2 heterocycles. The summed E-state index contributed by atoms with van der Waals surface area (Å²) in [6, 6.07) is -0.0654. The van der Waals surface area contributed by atoms with Crippen LogP contribution in [0.4, 0.5) is 0 Å². The molecule has 0 radical (unpaired) electrons. The Hall–Kier alpha value is -1.69. The summed E-state index contributed by atoms with van der Waals surface area (Å²) in [5.41, 5.74) is 5.28. The van der Waals surface area contributed by atoms with E-state index in [0.29, 0.717) is 18.0 Å². The molecule has 1 atom stereocenters. The third-order valence-corrected chi connectivity index (χ3v) is 2.68. The SMILES string of the molecule is Cc1c(C(N)=O)nc2n(c1=O)C(C)COC2. The Morgan fingerprint density at radius 1 is 1.62 bits per heavy atom. The molecule has 0 spiro atoms. The molecule has 86 valence electrons. The number of fused-ring (bicyclic) bond motifs is 1. The normalized spacial score (nSPS) is 19.2. The van der Waals surface area contributed by atoms with E-state index in [1.807, 2.05) is 6.92 Å². The van der Waals surface area contributed by atoms with Gasteiger partial charge in [-0.3, -0.25) is 14.2 Å². The summed E-state index contributed by atoms with van der Waals surface area (Å²) in [5.74, 6) is -0.223. The summed E-state index contributed by atoms with van der Waals surface area (Å²) in [5, 5.41) is 0. The molecule has 0 saturated carbocycles. The molecule has 0 saturated heterocycles. The Balaban J connectivity index is 2.72. The largest absolute Gasteiger partial charge is 0.371 e. The summed E-state index contributed by atoms with van der Waals surface area (Å²) in [6.07, 6.45) is 0. The van der Waals surface area contributed by atoms with Gasteiger partial charge in [-0.1, -0.05) is 0 Å². The van der Waals surface area contributed by atoms with E-state index in [1.165, 1.54) is 0 Å². The molecule has 0 aromatic carbocycles. The summed E-state index contributed by atoms with van der Waals surface area (Å²) < 4.78 is 6.82. The maximum atomic E-state index is 12.0. The number of rotatable bonds is 1. The minimum Gasteiger partial charge on any atom is -0.371 e. The van der Waals surface area contributed by atoms with Crippen LogP contribution in [-0.2, 0) is 11.3 Å². The van der Waals surface area contributed by atoms with Gasteiger partial charge in [-0.2, -0.15) is 0 Å². The van der Waals surface area contributed by atoms with Crippen LogP contribution in [0.1, 0.15) is 34.8 Å². The van der Waals surface area contributed by atoms with Gasteiger partial charge in [0, 0.05) is 5.56 Å². The first-order chi connectivity index (χ1) is 7.52. The Kier molecular flexibility index (Phi) is 2.51. The first-order valence-corrected chi connectivity index (χ1v) is 5.02. The van der Waals surface area contributed by atoms with E-state index in [-0.39, 0.29) is 23.9 Å². The van der Waals surface area contributed by atoms with Gasteiger partial charge in [0.1, 0.15) is 18.1 Å². The van der Waals surface area contributed by atoms with Crippen LogP contribution >= 0.6 is 0 Å². The van der Waals surface area contributed by atoms with Gasteiger partial charge in [0.25, 0.3) is 11.5 Å². The van der Waals surface area contributed by atoms with Crippen LogP contribution < -0.4 is 11.3 Å². The Bertz CT molecular complexity index is 507. The number of hydrogen-bond donors (Lipinski definition) is 1. The van der Waals surface area contributed by atoms with E-state index in [0.717, 1.165) is 0 Å². The van der Waals surface area contributed by atoms with E-state index in [9.17, 15) is 9.59 Å². The molecule has 0 bridgehead atoms. The first kappa shape index (κ1) is 10.8. The number of primary amides is 1. The van der Waals surface area contributed by atoms with Gasteiger partial charge in [-0.15, -0.1) is 0 Å². The summed E-state index contributed by atoms with van der Waals surface area (Å²) in [4.78, 5) is 27.2. The maximum Gasteiger partial charge on any atom is 0.267 e. The summed E-state index contributed by atoms with van der Waals surface area (Å²) in [6.45, 7) is 4.14. The Labute approximate surface area is 92.0 Å². The number of carbonyl (C=O) groups is 1. The molecule has 0 aliphatic carbocycles. The molecule has 0 fully saturated rings. The highest BCUT2D eigenvalue weighted by Crippen LogP contribution is 2.15. The molecule has 2 N–H and O–H groups in total. The van der Waals surface area contributed by atoms with Crippen LogP contribution in [-0.4, -0.2) is 22.1 Å². The highest BCUT2D eigenvalue weighted by atomic mass is 16.5. The zero-order valence-electron chi connectivity index (χ0n) is 9.19. The van der Waals surface area contributed by atoms with E-state index >= 15 is 0 Å². The topological polar surface area (TPSA) is 87.2 Å². The maximum absolute atomic E-state index is 12.0. The van der Waals surface area contributed by atoms with Gasteiger partial charge in [-0.25, -0.2) is 4.98 Å². The fourth-order valence-electron chi connectivity index (χ4n) is 1.86. The van der Waals surface area contributed by atoms with Crippen molar-refractivity contribution in [2.45, 2.75) is 26.5 Å². The van der Waals surface area contributed by atoms with Gasteiger partial charge in [-0.05, 0) is 13.8 Å². The zero-order valence-corrected chi connectivity index (χ0v) is 9.19. The smallest absolute Gasteiger partial charge is 0.267 e. The average Bonchev–Trinajstić information content (AvgIpc) is 2.22. The van der Waals surface area contributed by atoms with Gasteiger partial charge in [0.15, 0.2) is 0 Å². The molecule has 1 aromatic heterocycles. The molecular formula is C10H13N3O3. The molecule has 1 unspecified atom stereocenters. The van der Waals surface area contributed by atoms with Crippen molar-refractivity contribution in [2.24, 2.45) is 5.73 Å². The number of carbonyl (C=O) groups excluding carboxylic acids is 1. The van der Waals surface area contributed by atoms with E-state index in [2.05, 4.69) is 4.98 Å². The molecule has 1 aromatic rings. The predicted molar refractivity (Wildman–Crippen MR) is 56.1 cm³/mol. The molecule has 6 nitrogen and oxygen atoms in total. The lowest BCUT2D eigenvalue weighted by molar-refractivity contribution is 0.0559. The van der Waals surface area contributed by atoms with Crippen LogP contribution in [0.25, 0.3) is 0 Å². The molecule has 16 heavy (non-hydrogen) atoms. The number of nitrogens with two attached hydrogens (primary N) is 1. The van der Waals surface area contributed by atoms with Crippen molar-refractivity contribution < 1.29 is 9.53 Å². The number of ether oxygens (including phenoxy) is 1. The van der Waals surface area contributed by atoms with Crippen molar-refractivity contribution in [3.63, 3.8) is 0 Å². The minimum atomic E-state index is -0.684. The number of aromatic nitrogens is 2. The van der Waals surface area contributed by atoms with Crippen LogP contribution in [0.5, 0.6) is 0 Å². The fourth-order valence-corrected chi connectivity index (χ4v) is 1.86. The summed E-state index contributed by atoms with van der Waals surface area (Å²) >= 11 is 0. The number of hydrogen-bond acceptors (Lipinski definition) is 4. The molecule has 2 rings (SSSR count). The average molecular weight is 223 g/mol. The molecule has 6 heteroatoms. The highest BCUT2D eigenvalue weighted by molar-refractivity contribution is 5.92. The van der Waals surface area contributed by atoms with Gasteiger partial charge in [0.2, 0.25) is 0 Å². The lowest BCUT2D eigenvalue weighted by atomic mass is 10.2. The van der Waals surface area contributed by atoms with Crippen molar-refractivity contribution >= 4 is 5.91 Å². The van der Waals surface area contributed by atoms with Crippen LogP contribution in [0.15, 0.2) is 4.79 Å². The molecule has 1 amide bonds. The van der Waals surface area contributed by atoms with Crippen LogP contribution in [0.3, 0.4) is 0 Å². The fraction of sp³-hybridized carbons (Fsp3) is 0.500. The second-order valence-electron chi connectivity index (χ2n) is 3.91. The zero-order chi connectivity index (χ0) is 11.9. The molecular weight excluding hydrogens is 210 g/mol. The Morgan fingerprint density at radius 2 is 2.31 bits per heavy atom. The van der Waals surface area contributed by atoms with Crippen molar-refractivity contribution in [3.8, 4) is 0 Å².